The first kappa shape index (κ1) is 14.4. The van der Waals surface area contributed by atoms with Crippen molar-refractivity contribution in [3.05, 3.63) is 35.9 Å². The van der Waals surface area contributed by atoms with Crippen molar-refractivity contribution in [1.29, 1.82) is 0 Å². The molecule has 1 rings (SSSR count). The maximum absolute atomic E-state index is 11.5. The second-order valence-corrected chi connectivity index (χ2v) is 4.67. The van der Waals surface area contributed by atoms with Crippen LogP contribution in [-0.2, 0) is 4.79 Å². The van der Waals surface area contributed by atoms with Crippen molar-refractivity contribution in [3.63, 3.8) is 0 Å². The number of carbonyl (C=O) groups is 1. The molecule has 0 saturated heterocycles. The Balaban J connectivity index is 2.83. The van der Waals surface area contributed by atoms with Crippen molar-refractivity contribution < 1.29 is 9.90 Å². The fourth-order valence-electron chi connectivity index (χ4n) is 1.39. The molecular formula is C14H20N2O2. The molecule has 1 aromatic carbocycles. The molecule has 98 valence electrons. The summed E-state index contributed by atoms with van der Waals surface area (Å²) in [4.78, 5) is 11.5. The Morgan fingerprint density at radius 3 is 2.44 bits per heavy atom. The summed E-state index contributed by atoms with van der Waals surface area (Å²) < 4.78 is 0. The van der Waals surface area contributed by atoms with Crippen LogP contribution in [0.4, 0.5) is 0 Å². The van der Waals surface area contributed by atoms with Gasteiger partial charge in [0.2, 0.25) is 0 Å². The molecule has 18 heavy (non-hydrogen) atoms. The molecule has 0 spiro atoms. The summed E-state index contributed by atoms with van der Waals surface area (Å²) in [5.41, 5.74) is 2.78. The molecule has 2 N–H and O–H groups in total. The van der Waals surface area contributed by atoms with Gasteiger partial charge in [0.1, 0.15) is 5.60 Å². The minimum absolute atomic E-state index is 0.507. The third-order valence-corrected chi connectivity index (χ3v) is 2.44. The van der Waals surface area contributed by atoms with Gasteiger partial charge in [-0.05, 0) is 25.8 Å². The monoisotopic (exact) mass is 248 g/mol. The normalized spacial score (nSPS) is 12.3. The summed E-state index contributed by atoms with van der Waals surface area (Å²) in [5, 5.41) is 13.6. The van der Waals surface area contributed by atoms with Gasteiger partial charge in [0, 0.05) is 0 Å². The van der Waals surface area contributed by atoms with Crippen molar-refractivity contribution in [2.45, 2.75) is 39.2 Å². The lowest BCUT2D eigenvalue weighted by Gasteiger charge is -2.15. The first-order valence-corrected chi connectivity index (χ1v) is 6.10. The lowest BCUT2D eigenvalue weighted by molar-refractivity contribution is -0.136. The number of carbonyl (C=O) groups excluding carboxylic acids is 1. The molecule has 0 aromatic heterocycles. The topological polar surface area (TPSA) is 61.7 Å². The average Bonchev–Trinajstić information content (AvgIpc) is 2.34. The number of aliphatic hydroxyl groups is 1. The van der Waals surface area contributed by atoms with Crippen LogP contribution >= 0.6 is 0 Å². The third-order valence-electron chi connectivity index (χ3n) is 2.44. The van der Waals surface area contributed by atoms with Gasteiger partial charge >= 0.3 is 0 Å². The van der Waals surface area contributed by atoms with Crippen LogP contribution in [-0.4, -0.2) is 22.3 Å². The number of hydrazone groups is 1. The van der Waals surface area contributed by atoms with Crippen LogP contribution in [0.15, 0.2) is 35.4 Å². The number of rotatable bonds is 5. The average molecular weight is 248 g/mol. The van der Waals surface area contributed by atoms with Crippen molar-refractivity contribution >= 4 is 11.6 Å². The number of nitrogens with zero attached hydrogens (tertiary/aromatic N) is 1. The van der Waals surface area contributed by atoms with E-state index < -0.39 is 11.5 Å². The van der Waals surface area contributed by atoms with Gasteiger partial charge in [-0.1, -0.05) is 43.7 Å². The second-order valence-electron chi connectivity index (χ2n) is 4.67. The van der Waals surface area contributed by atoms with E-state index in [1.54, 1.807) is 0 Å². The molecule has 0 fully saturated rings. The predicted molar refractivity (Wildman–Crippen MR) is 72.3 cm³/mol. The summed E-state index contributed by atoms with van der Waals surface area (Å²) in [6, 6.07) is 9.69. The van der Waals surface area contributed by atoms with E-state index >= 15 is 0 Å². The number of hydrogen-bond acceptors (Lipinski definition) is 3. The molecule has 0 heterocycles. The van der Waals surface area contributed by atoms with Gasteiger partial charge in [-0.25, -0.2) is 5.43 Å². The van der Waals surface area contributed by atoms with Gasteiger partial charge in [-0.15, -0.1) is 0 Å². The van der Waals surface area contributed by atoms with E-state index in [0.29, 0.717) is 0 Å². The summed E-state index contributed by atoms with van der Waals surface area (Å²) in [5.74, 6) is -0.507. The maximum atomic E-state index is 11.5. The molecule has 0 aliphatic carbocycles. The molecule has 0 unspecified atom stereocenters. The van der Waals surface area contributed by atoms with Crippen molar-refractivity contribution in [1.82, 2.24) is 5.43 Å². The summed E-state index contributed by atoms with van der Waals surface area (Å²) >= 11 is 0. The SMILES string of the molecule is CCC/C(=N/NC(=O)C(C)(C)O)c1ccccc1. The molecule has 4 nitrogen and oxygen atoms in total. The molecule has 0 aliphatic heterocycles. The van der Waals surface area contributed by atoms with Crippen molar-refractivity contribution in [2.75, 3.05) is 0 Å². The van der Waals surface area contributed by atoms with Crippen LogP contribution < -0.4 is 5.43 Å². The fourth-order valence-corrected chi connectivity index (χ4v) is 1.39. The second kappa shape index (κ2) is 6.31. The molecule has 1 amide bonds. The van der Waals surface area contributed by atoms with Gasteiger partial charge in [0.15, 0.2) is 0 Å². The van der Waals surface area contributed by atoms with Crippen LogP contribution in [0.2, 0.25) is 0 Å². The zero-order chi connectivity index (χ0) is 13.6. The van der Waals surface area contributed by atoms with Gasteiger partial charge in [0.05, 0.1) is 5.71 Å². The Bertz CT molecular complexity index is 419. The molecule has 0 saturated carbocycles. The number of benzene rings is 1. The Hall–Kier alpha value is -1.68. The molecule has 4 heteroatoms. The van der Waals surface area contributed by atoms with E-state index in [4.69, 9.17) is 0 Å². The largest absolute Gasteiger partial charge is 0.381 e. The van der Waals surface area contributed by atoms with Crippen LogP contribution in [0.1, 0.15) is 39.2 Å². The van der Waals surface area contributed by atoms with Gasteiger partial charge in [0.25, 0.3) is 5.91 Å². The number of nitrogens with one attached hydrogen (secondary N) is 1. The molecule has 0 radical (unpaired) electrons. The molecule has 0 aliphatic rings. The predicted octanol–water partition coefficient (Wildman–Crippen LogP) is 2.08. The maximum Gasteiger partial charge on any atom is 0.271 e. The van der Waals surface area contributed by atoms with E-state index in [-0.39, 0.29) is 0 Å². The van der Waals surface area contributed by atoms with Crippen LogP contribution in [0.5, 0.6) is 0 Å². The number of hydrogen-bond donors (Lipinski definition) is 2. The lowest BCUT2D eigenvalue weighted by Crippen LogP contribution is -2.40. The highest BCUT2D eigenvalue weighted by molar-refractivity contribution is 6.01. The number of amides is 1. The Labute approximate surface area is 108 Å². The van der Waals surface area contributed by atoms with E-state index in [9.17, 15) is 9.90 Å². The highest BCUT2D eigenvalue weighted by atomic mass is 16.3. The van der Waals surface area contributed by atoms with E-state index in [0.717, 1.165) is 24.1 Å². The highest BCUT2D eigenvalue weighted by Crippen LogP contribution is 2.07. The Morgan fingerprint density at radius 2 is 1.94 bits per heavy atom. The first-order valence-electron chi connectivity index (χ1n) is 6.10. The molecule has 1 aromatic rings. The molecule has 0 atom stereocenters. The van der Waals surface area contributed by atoms with E-state index in [2.05, 4.69) is 17.5 Å². The molecule has 0 bridgehead atoms. The highest BCUT2D eigenvalue weighted by Gasteiger charge is 2.23. The zero-order valence-electron chi connectivity index (χ0n) is 11.1. The lowest BCUT2D eigenvalue weighted by atomic mass is 10.1. The quantitative estimate of drug-likeness (QED) is 0.619. The minimum Gasteiger partial charge on any atom is -0.381 e. The van der Waals surface area contributed by atoms with Crippen molar-refractivity contribution in [2.24, 2.45) is 5.10 Å². The smallest absolute Gasteiger partial charge is 0.271 e. The van der Waals surface area contributed by atoms with E-state index in [1.807, 2.05) is 30.3 Å². The zero-order valence-corrected chi connectivity index (χ0v) is 11.1. The third kappa shape index (κ3) is 4.30. The Kier molecular flexibility index (Phi) is 5.04. The first-order chi connectivity index (χ1) is 8.45. The summed E-state index contributed by atoms with van der Waals surface area (Å²) in [6.45, 7) is 4.91. The van der Waals surface area contributed by atoms with Gasteiger partial charge < -0.3 is 5.11 Å². The summed E-state index contributed by atoms with van der Waals surface area (Å²) in [7, 11) is 0. The minimum atomic E-state index is -1.42. The van der Waals surface area contributed by atoms with Crippen LogP contribution in [0, 0.1) is 0 Å². The van der Waals surface area contributed by atoms with E-state index in [1.165, 1.54) is 13.8 Å². The fraction of sp³-hybridized carbons (Fsp3) is 0.429. The Morgan fingerprint density at radius 1 is 1.33 bits per heavy atom. The van der Waals surface area contributed by atoms with Crippen molar-refractivity contribution in [3.8, 4) is 0 Å². The van der Waals surface area contributed by atoms with Crippen LogP contribution in [0.3, 0.4) is 0 Å². The summed E-state index contributed by atoms with van der Waals surface area (Å²) in [6.07, 6.45) is 1.71. The standard InChI is InChI=1S/C14H20N2O2/c1-4-8-12(11-9-6-5-7-10-11)15-16-13(17)14(2,3)18/h5-7,9-10,18H,4,8H2,1-3H3,(H,16,17)/b15-12-. The van der Waals surface area contributed by atoms with Crippen LogP contribution in [0.25, 0.3) is 0 Å². The molecular weight excluding hydrogens is 228 g/mol. The van der Waals surface area contributed by atoms with Gasteiger partial charge in [-0.2, -0.15) is 5.10 Å². The van der Waals surface area contributed by atoms with Gasteiger partial charge in [-0.3, -0.25) is 4.79 Å².